The Balaban J connectivity index is 1.46. The van der Waals surface area contributed by atoms with Crippen LogP contribution in [0.1, 0.15) is 73.7 Å². The molecule has 2 heterocycles. The van der Waals surface area contributed by atoms with E-state index >= 15 is 0 Å². The number of rotatable bonds is 17. The van der Waals surface area contributed by atoms with Gasteiger partial charge < -0.3 is 28.7 Å². The van der Waals surface area contributed by atoms with Gasteiger partial charge in [-0.15, -0.1) is 10.1 Å². The number of hydrogen-bond acceptors (Lipinski definition) is 10. The minimum atomic E-state index is -0.835. The summed E-state index contributed by atoms with van der Waals surface area (Å²) in [4.78, 5) is 47.4. The predicted molar refractivity (Wildman–Crippen MR) is 181 cm³/mol. The van der Waals surface area contributed by atoms with Crippen LogP contribution in [0.5, 0.6) is 17.2 Å². The number of fused-ring (bicyclic) bond motifs is 1. The van der Waals surface area contributed by atoms with Crippen LogP contribution in [0.4, 0.5) is 0 Å². The van der Waals surface area contributed by atoms with E-state index < -0.39 is 23.0 Å². The second-order valence-corrected chi connectivity index (χ2v) is 12.4. The van der Waals surface area contributed by atoms with Gasteiger partial charge in [0.1, 0.15) is 19.0 Å². The molecule has 12 heteroatoms. The van der Waals surface area contributed by atoms with Crippen LogP contribution in [0, 0.1) is 16.0 Å². The summed E-state index contributed by atoms with van der Waals surface area (Å²) in [6, 6.07) is 19.8. The maximum Gasteiger partial charge on any atom is 0.311 e. The van der Waals surface area contributed by atoms with Gasteiger partial charge in [0.15, 0.2) is 11.5 Å². The zero-order valence-electron chi connectivity index (χ0n) is 28.4. The monoisotopic (exact) mass is 675 g/mol. The van der Waals surface area contributed by atoms with Crippen molar-refractivity contribution in [3.05, 3.63) is 99.1 Å². The number of carbonyl (C=O) groups is 2. The molecule has 2 aliphatic heterocycles. The molecule has 12 nitrogen and oxygen atoms in total. The van der Waals surface area contributed by atoms with Gasteiger partial charge in [0.25, 0.3) is 5.09 Å². The summed E-state index contributed by atoms with van der Waals surface area (Å²) in [6.07, 6.45) is 3.83. The largest absolute Gasteiger partial charge is 0.497 e. The van der Waals surface area contributed by atoms with Crippen molar-refractivity contribution in [3.63, 3.8) is 0 Å². The van der Waals surface area contributed by atoms with E-state index in [0.717, 1.165) is 42.4 Å². The molecule has 0 radical (unpaired) electrons. The van der Waals surface area contributed by atoms with Gasteiger partial charge in [-0.1, -0.05) is 69.2 Å². The third-order valence-electron chi connectivity index (χ3n) is 9.15. The highest BCUT2D eigenvalue weighted by atomic mass is 16.9. The molecular formula is C37H45N3O9. The van der Waals surface area contributed by atoms with E-state index in [4.69, 9.17) is 18.9 Å². The Morgan fingerprint density at radius 3 is 2.16 bits per heavy atom. The highest BCUT2D eigenvalue weighted by Crippen LogP contribution is 2.48. The number of unbranched alkanes of at least 4 members (excludes halogenated alkanes) is 2. The topological polar surface area (TPSA) is 130 Å². The highest BCUT2D eigenvalue weighted by Gasteiger charge is 2.49. The number of amides is 1. The molecule has 1 saturated heterocycles. The van der Waals surface area contributed by atoms with E-state index in [0.29, 0.717) is 42.4 Å². The van der Waals surface area contributed by atoms with Gasteiger partial charge in [-0.25, -0.2) is 0 Å². The lowest BCUT2D eigenvalue weighted by Crippen LogP contribution is -2.42. The minimum Gasteiger partial charge on any atom is -0.497 e. The molecule has 0 aromatic heterocycles. The number of hydrogen-bond donors (Lipinski definition) is 0. The molecule has 49 heavy (non-hydrogen) atoms. The molecule has 5 rings (SSSR count). The number of ether oxygens (including phenoxy) is 4. The smallest absolute Gasteiger partial charge is 0.311 e. The van der Waals surface area contributed by atoms with Crippen LogP contribution in [-0.4, -0.2) is 66.8 Å². The SMILES string of the molecule is CCCCN(CCCC)C(=O)CN1C[C@H](c2ccc3c(c2)OCO3)[C@@H](C(=O)OCc2ccc(CO[N+](=O)[O-])cc2)[C@@H]1c1ccc(OC)cc1. The van der Waals surface area contributed by atoms with Crippen molar-refractivity contribution in [1.29, 1.82) is 0 Å². The summed E-state index contributed by atoms with van der Waals surface area (Å²) in [6.45, 7) is 6.21. The van der Waals surface area contributed by atoms with E-state index in [-0.39, 0.29) is 38.4 Å². The van der Waals surface area contributed by atoms with E-state index in [2.05, 4.69) is 23.6 Å². The number of carbonyl (C=O) groups excluding carboxylic acids is 2. The molecule has 3 atom stereocenters. The lowest BCUT2D eigenvalue weighted by molar-refractivity contribution is -0.763. The van der Waals surface area contributed by atoms with Crippen molar-refractivity contribution in [1.82, 2.24) is 9.80 Å². The van der Waals surface area contributed by atoms with Crippen molar-refractivity contribution < 1.29 is 38.5 Å². The van der Waals surface area contributed by atoms with Crippen molar-refractivity contribution in [2.75, 3.05) is 40.1 Å². The summed E-state index contributed by atoms with van der Waals surface area (Å²) in [5.41, 5.74) is 3.12. The second kappa shape index (κ2) is 17.0. The molecule has 262 valence electrons. The molecule has 0 unspecified atom stereocenters. The van der Waals surface area contributed by atoms with Gasteiger partial charge >= 0.3 is 5.97 Å². The summed E-state index contributed by atoms with van der Waals surface area (Å²) >= 11 is 0. The van der Waals surface area contributed by atoms with Crippen LogP contribution in [0.15, 0.2) is 66.7 Å². The fourth-order valence-electron chi connectivity index (χ4n) is 6.50. The Morgan fingerprint density at radius 1 is 0.898 bits per heavy atom. The minimum absolute atomic E-state index is 0.00957. The number of benzene rings is 3. The first-order valence-electron chi connectivity index (χ1n) is 16.9. The Morgan fingerprint density at radius 2 is 1.53 bits per heavy atom. The van der Waals surface area contributed by atoms with E-state index in [1.54, 1.807) is 31.4 Å². The first kappa shape index (κ1) is 35.5. The van der Waals surface area contributed by atoms with Crippen molar-refractivity contribution >= 4 is 11.9 Å². The number of methoxy groups -OCH3 is 1. The molecule has 3 aromatic rings. The van der Waals surface area contributed by atoms with E-state index in [9.17, 15) is 19.7 Å². The number of nitrogens with zero attached hydrogens (tertiary/aromatic N) is 3. The van der Waals surface area contributed by atoms with Crippen molar-refractivity contribution in [2.45, 2.75) is 64.7 Å². The Kier molecular flexibility index (Phi) is 12.3. The van der Waals surface area contributed by atoms with E-state index in [1.807, 2.05) is 47.4 Å². The summed E-state index contributed by atoms with van der Waals surface area (Å²) in [5.74, 6) is 0.624. The maximum atomic E-state index is 14.3. The second-order valence-electron chi connectivity index (χ2n) is 12.4. The fourth-order valence-corrected chi connectivity index (χ4v) is 6.50. The normalized spacial score (nSPS) is 18.2. The fraction of sp³-hybridized carbons (Fsp3) is 0.459. The molecule has 3 aromatic carbocycles. The van der Waals surface area contributed by atoms with Crippen LogP contribution in [0.2, 0.25) is 0 Å². The van der Waals surface area contributed by atoms with Crippen LogP contribution in [0.3, 0.4) is 0 Å². The first-order chi connectivity index (χ1) is 23.8. The van der Waals surface area contributed by atoms with Crippen LogP contribution < -0.4 is 14.2 Å². The van der Waals surface area contributed by atoms with Crippen LogP contribution >= 0.6 is 0 Å². The third-order valence-corrected chi connectivity index (χ3v) is 9.15. The molecular weight excluding hydrogens is 630 g/mol. The van der Waals surface area contributed by atoms with Gasteiger partial charge in [0, 0.05) is 31.6 Å². The summed E-state index contributed by atoms with van der Waals surface area (Å²) < 4.78 is 22.7. The molecule has 0 aliphatic carbocycles. The van der Waals surface area contributed by atoms with E-state index in [1.165, 1.54) is 0 Å². The Bertz CT molecular complexity index is 1560. The summed E-state index contributed by atoms with van der Waals surface area (Å²) in [7, 11) is 1.61. The Hall–Kier alpha value is -4.84. The zero-order chi connectivity index (χ0) is 34.8. The van der Waals surface area contributed by atoms with Crippen molar-refractivity contribution in [3.8, 4) is 17.2 Å². The number of esters is 1. The van der Waals surface area contributed by atoms with Gasteiger partial charge in [-0.05, 0) is 59.4 Å². The van der Waals surface area contributed by atoms with Crippen LogP contribution in [-0.2, 0) is 32.4 Å². The van der Waals surface area contributed by atoms with Gasteiger partial charge in [0.2, 0.25) is 12.7 Å². The van der Waals surface area contributed by atoms with Gasteiger partial charge in [-0.2, -0.15) is 0 Å². The molecule has 2 aliphatic rings. The molecule has 0 saturated carbocycles. The molecule has 1 amide bonds. The molecule has 0 spiro atoms. The molecule has 0 bridgehead atoms. The van der Waals surface area contributed by atoms with Crippen LogP contribution in [0.25, 0.3) is 0 Å². The van der Waals surface area contributed by atoms with Crippen molar-refractivity contribution in [2.24, 2.45) is 5.92 Å². The van der Waals surface area contributed by atoms with Gasteiger partial charge in [0.05, 0.1) is 19.6 Å². The number of likely N-dealkylation sites (tertiary alicyclic amines) is 1. The maximum absolute atomic E-state index is 14.3. The Labute approximate surface area is 286 Å². The quantitative estimate of drug-likeness (QED) is 0.0946. The van der Waals surface area contributed by atoms with Gasteiger partial charge in [-0.3, -0.25) is 14.5 Å². The average Bonchev–Trinajstić information content (AvgIpc) is 3.74. The third kappa shape index (κ3) is 9.00. The molecule has 0 N–H and O–H groups in total. The lowest BCUT2D eigenvalue weighted by atomic mass is 9.82. The average molecular weight is 676 g/mol. The first-order valence-corrected chi connectivity index (χ1v) is 16.9. The summed E-state index contributed by atoms with van der Waals surface area (Å²) in [5, 5.41) is 9.73. The molecule has 1 fully saturated rings. The standard InChI is InChI=1S/C37H45N3O9/c1-4-6-18-38(19-7-5-2)34(41)22-39-21-31(29-14-17-32-33(20-29)48-25-47-32)35(36(39)28-12-15-30(45-3)16-13-28)37(42)46-23-26-8-10-27(11-9-26)24-49-40(43)44/h8-17,20,31,35-36H,4-7,18-19,21-25H2,1-3H3/t31-,35-,36+/m1/s1. The highest BCUT2D eigenvalue weighted by molar-refractivity contribution is 5.80. The predicted octanol–water partition coefficient (Wildman–Crippen LogP) is 6.06. The zero-order valence-corrected chi connectivity index (χ0v) is 28.4. The lowest BCUT2D eigenvalue weighted by Gasteiger charge is -2.30.